The molecule has 2 rings (SSSR count). The predicted molar refractivity (Wildman–Crippen MR) is 79.9 cm³/mol. The smallest absolute Gasteiger partial charge is 0.289 e. The van der Waals surface area contributed by atoms with Gasteiger partial charge in [-0.15, -0.1) is 0 Å². The van der Waals surface area contributed by atoms with Crippen molar-refractivity contribution >= 4 is 21.5 Å². The first-order valence-corrected chi connectivity index (χ1v) is 8.52. The number of rotatable bonds is 5. The summed E-state index contributed by atoms with van der Waals surface area (Å²) in [4.78, 5) is 21.4. The van der Waals surface area contributed by atoms with E-state index in [2.05, 4.69) is 0 Å². The van der Waals surface area contributed by atoms with Crippen LogP contribution in [0.3, 0.4) is 0 Å². The molecular formula is C14H18N2O5S. The summed E-state index contributed by atoms with van der Waals surface area (Å²) in [6, 6.07) is 4.89. The fraction of sp³-hybridized carbons (Fsp3) is 0.500. The van der Waals surface area contributed by atoms with Crippen LogP contribution in [-0.4, -0.2) is 36.0 Å². The quantitative estimate of drug-likeness (QED) is 0.610. The molecule has 1 aromatic carbocycles. The fourth-order valence-electron chi connectivity index (χ4n) is 2.78. The van der Waals surface area contributed by atoms with Crippen molar-refractivity contribution in [3.05, 3.63) is 34.4 Å². The Kier molecular flexibility index (Phi) is 4.92. The standard InChI is InChI=1S/C14H18N2O5S/c1-11(17)10-12-6-4-5-9-15(12)22(20,21)14-8-3-2-7-13(14)16(18)19/h2-3,7-8,12H,4-6,9-10H2,1H3. The van der Waals surface area contributed by atoms with Gasteiger partial charge in [0.05, 0.1) is 4.92 Å². The summed E-state index contributed by atoms with van der Waals surface area (Å²) < 4.78 is 26.9. The molecule has 0 spiro atoms. The summed E-state index contributed by atoms with van der Waals surface area (Å²) in [6.07, 6.45) is 2.27. The Hall–Kier alpha value is -1.80. The van der Waals surface area contributed by atoms with Crippen LogP contribution in [0, 0.1) is 10.1 Å². The third-order valence-electron chi connectivity index (χ3n) is 3.74. The van der Waals surface area contributed by atoms with E-state index in [9.17, 15) is 23.3 Å². The van der Waals surface area contributed by atoms with E-state index in [1.54, 1.807) is 0 Å². The van der Waals surface area contributed by atoms with Crippen LogP contribution in [-0.2, 0) is 14.8 Å². The second kappa shape index (κ2) is 6.53. The topological polar surface area (TPSA) is 97.6 Å². The Labute approximate surface area is 129 Å². The number of carbonyl (C=O) groups is 1. The van der Waals surface area contributed by atoms with Gasteiger partial charge >= 0.3 is 0 Å². The van der Waals surface area contributed by atoms with Crippen molar-refractivity contribution in [2.45, 2.75) is 43.5 Å². The van der Waals surface area contributed by atoms with E-state index in [0.717, 1.165) is 6.42 Å². The molecule has 0 saturated carbocycles. The number of hydrogen-bond acceptors (Lipinski definition) is 5. The number of ketones is 1. The molecule has 1 aromatic rings. The zero-order chi connectivity index (χ0) is 16.3. The number of Topliss-reactive ketones (excluding diaryl/α,β-unsaturated/α-hetero) is 1. The van der Waals surface area contributed by atoms with Crippen LogP contribution in [0.1, 0.15) is 32.6 Å². The van der Waals surface area contributed by atoms with Crippen molar-refractivity contribution in [3.63, 3.8) is 0 Å². The van der Waals surface area contributed by atoms with Gasteiger partial charge in [0, 0.05) is 25.1 Å². The second-order valence-electron chi connectivity index (χ2n) is 5.40. The number of piperidine rings is 1. The van der Waals surface area contributed by atoms with E-state index >= 15 is 0 Å². The molecular weight excluding hydrogens is 308 g/mol. The molecule has 0 aliphatic carbocycles. The van der Waals surface area contributed by atoms with Crippen molar-refractivity contribution in [1.82, 2.24) is 4.31 Å². The molecule has 7 nitrogen and oxygen atoms in total. The average Bonchev–Trinajstić information content (AvgIpc) is 2.47. The normalized spacial score (nSPS) is 19.8. The molecule has 0 radical (unpaired) electrons. The van der Waals surface area contributed by atoms with Gasteiger partial charge in [-0.1, -0.05) is 18.6 Å². The Morgan fingerprint density at radius 2 is 2.05 bits per heavy atom. The molecule has 22 heavy (non-hydrogen) atoms. The van der Waals surface area contributed by atoms with Crippen LogP contribution < -0.4 is 0 Å². The highest BCUT2D eigenvalue weighted by Crippen LogP contribution is 2.31. The highest BCUT2D eigenvalue weighted by Gasteiger charge is 2.37. The van der Waals surface area contributed by atoms with Gasteiger partial charge in [-0.2, -0.15) is 4.31 Å². The summed E-state index contributed by atoms with van der Waals surface area (Å²) in [5.74, 6) is -0.0883. The van der Waals surface area contributed by atoms with Gasteiger partial charge in [0.2, 0.25) is 10.0 Å². The third-order valence-corrected chi connectivity index (χ3v) is 5.74. The zero-order valence-corrected chi connectivity index (χ0v) is 13.1. The molecule has 0 N–H and O–H groups in total. The van der Waals surface area contributed by atoms with Crippen molar-refractivity contribution < 1.29 is 18.1 Å². The van der Waals surface area contributed by atoms with Crippen molar-refractivity contribution in [1.29, 1.82) is 0 Å². The van der Waals surface area contributed by atoms with E-state index in [0.29, 0.717) is 12.8 Å². The highest BCUT2D eigenvalue weighted by atomic mass is 32.2. The van der Waals surface area contributed by atoms with Gasteiger partial charge in [-0.25, -0.2) is 8.42 Å². The first kappa shape index (κ1) is 16.6. The minimum absolute atomic E-state index is 0.0883. The summed E-state index contributed by atoms with van der Waals surface area (Å²) in [7, 11) is -3.99. The maximum atomic E-state index is 12.8. The third kappa shape index (κ3) is 3.33. The Balaban J connectivity index is 2.44. The lowest BCUT2D eigenvalue weighted by Crippen LogP contribution is -2.44. The van der Waals surface area contributed by atoms with E-state index in [1.807, 2.05) is 0 Å². The predicted octanol–water partition coefficient (Wildman–Crippen LogP) is 2.12. The maximum absolute atomic E-state index is 12.8. The molecule has 120 valence electrons. The lowest BCUT2D eigenvalue weighted by Gasteiger charge is -2.34. The number of sulfonamides is 1. The van der Waals surface area contributed by atoms with Crippen molar-refractivity contribution in [2.24, 2.45) is 0 Å². The number of carbonyl (C=O) groups excluding carboxylic acids is 1. The van der Waals surface area contributed by atoms with E-state index < -0.39 is 26.7 Å². The molecule has 1 aliphatic rings. The van der Waals surface area contributed by atoms with Crippen LogP contribution in [0.2, 0.25) is 0 Å². The summed E-state index contributed by atoms with van der Waals surface area (Å²) >= 11 is 0. The summed E-state index contributed by atoms with van der Waals surface area (Å²) in [6.45, 7) is 1.71. The first-order chi connectivity index (χ1) is 10.3. The fourth-order valence-corrected chi connectivity index (χ4v) is 4.63. The van der Waals surface area contributed by atoms with E-state index in [-0.39, 0.29) is 23.6 Å². The Morgan fingerprint density at radius 3 is 2.68 bits per heavy atom. The van der Waals surface area contributed by atoms with Gasteiger partial charge in [-0.3, -0.25) is 14.9 Å². The van der Waals surface area contributed by atoms with Crippen molar-refractivity contribution in [2.75, 3.05) is 6.54 Å². The Bertz CT molecular complexity index is 686. The van der Waals surface area contributed by atoms with E-state index in [4.69, 9.17) is 0 Å². The van der Waals surface area contributed by atoms with Crippen LogP contribution in [0.15, 0.2) is 29.2 Å². The molecule has 1 unspecified atom stereocenters. The largest absolute Gasteiger partial charge is 0.300 e. The van der Waals surface area contributed by atoms with Gasteiger partial charge < -0.3 is 0 Å². The van der Waals surface area contributed by atoms with Gasteiger partial charge in [0.15, 0.2) is 4.90 Å². The molecule has 0 aromatic heterocycles. The van der Waals surface area contributed by atoms with Crippen molar-refractivity contribution in [3.8, 4) is 0 Å². The minimum Gasteiger partial charge on any atom is -0.300 e. The van der Waals surface area contributed by atoms with Crippen LogP contribution in [0.25, 0.3) is 0 Å². The molecule has 1 fully saturated rings. The lowest BCUT2D eigenvalue weighted by molar-refractivity contribution is -0.387. The zero-order valence-electron chi connectivity index (χ0n) is 12.3. The summed E-state index contributed by atoms with van der Waals surface area (Å²) in [5.41, 5.74) is -0.436. The molecule has 1 atom stereocenters. The Morgan fingerprint density at radius 1 is 1.36 bits per heavy atom. The highest BCUT2D eigenvalue weighted by molar-refractivity contribution is 7.89. The van der Waals surface area contributed by atoms with Gasteiger partial charge in [-0.05, 0) is 25.8 Å². The van der Waals surface area contributed by atoms with Crippen LogP contribution in [0.5, 0.6) is 0 Å². The number of nitro benzene ring substituents is 1. The summed E-state index contributed by atoms with van der Waals surface area (Å²) in [5, 5.41) is 11.1. The average molecular weight is 326 g/mol. The van der Waals surface area contributed by atoms with Crippen LogP contribution in [0.4, 0.5) is 5.69 Å². The first-order valence-electron chi connectivity index (χ1n) is 7.08. The number of hydrogen-bond donors (Lipinski definition) is 0. The molecule has 1 aliphatic heterocycles. The van der Waals surface area contributed by atoms with E-state index in [1.165, 1.54) is 35.5 Å². The number of nitrogens with zero attached hydrogens (tertiary/aromatic N) is 2. The number of benzene rings is 1. The number of para-hydroxylation sites is 1. The molecule has 1 heterocycles. The maximum Gasteiger partial charge on any atom is 0.289 e. The number of nitro groups is 1. The molecule has 1 saturated heterocycles. The molecule has 0 bridgehead atoms. The lowest BCUT2D eigenvalue weighted by atomic mass is 10.0. The van der Waals surface area contributed by atoms with Crippen LogP contribution >= 0.6 is 0 Å². The van der Waals surface area contributed by atoms with Gasteiger partial charge in [0.25, 0.3) is 5.69 Å². The molecule has 8 heteroatoms. The molecule has 0 amide bonds. The SMILES string of the molecule is CC(=O)CC1CCCCN1S(=O)(=O)c1ccccc1[N+](=O)[O-]. The van der Waals surface area contributed by atoms with Gasteiger partial charge in [0.1, 0.15) is 5.78 Å². The monoisotopic (exact) mass is 326 g/mol. The second-order valence-corrected chi connectivity index (χ2v) is 7.26. The minimum atomic E-state index is -3.99.